The monoisotopic (exact) mass is 347 g/mol. The van der Waals surface area contributed by atoms with Gasteiger partial charge < -0.3 is 10.1 Å². The molecule has 0 unspecified atom stereocenters. The first kappa shape index (κ1) is 17.8. The fourth-order valence-electron chi connectivity index (χ4n) is 1.99. The van der Waals surface area contributed by atoms with Gasteiger partial charge in [0.15, 0.2) is 0 Å². The zero-order valence-electron chi connectivity index (χ0n) is 13.8. The molecular weight excluding hydrogens is 330 g/mol. The highest BCUT2D eigenvalue weighted by atomic mass is 35.5. The Balaban J connectivity index is 2.21. The molecule has 1 aromatic carbocycles. The van der Waals surface area contributed by atoms with Crippen LogP contribution in [0, 0.1) is 11.3 Å². The van der Waals surface area contributed by atoms with Crippen molar-refractivity contribution in [3.8, 4) is 6.07 Å². The Morgan fingerprint density at radius 1 is 1.46 bits per heavy atom. The zero-order chi connectivity index (χ0) is 17.9. The number of nitriles is 1. The van der Waals surface area contributed by atoms with Gasteiger partial charge in [0.25, 0.3) is 0 Å². The van der Waals surface area contributed by atoms with E-state index < -0.39 is 11.7 Å². The van der Waals surface area contributed by atoms with Gasteiger partial charge in [0, 0.05) is 22.7 Å². The molecule has 2 rings (SSSR count). The molecule has 0 aliphatic carbocycles. The van der Waals surface area contributed by atoms with E-state index in [1.807, 2.05) is 6.07 Å². The summed E-state index contributed by atoms with van der Waals surface area (Å²) in [4.78, 5) is 13.2. The highest BCUT2D eigenvalue weighted by molar-refractivity contribution is 6.31. The number of fused-ring (bicyclic) bond motifs is 1. The maximum Gasteiger partial charge on any atom is 0.407 e. The van der Waals surface area contributed by atoms with Gasteiger partial charge in [-0.25, -0.2) is 4.79 Å². The lowest BCUT2D eigenvalue weighted by atomic mass is 10.2. The summed E-state index contributed by atoms with van der Waals surface area (Å²) < 4.78 is 5.20. The topological polar surface area (TPSA) is 92.8 Å². The molecule has 0 fully saturated rings. The maximum absolute atomic E-state index is 11.8. The highest BCUT2D eigenvalue weighted by Gasteiger charge is 2.17. The number of ether oxygens (including phenoxy) is 1. The summed E-state index contributed by atoms with van der Waals surface area (Å²) >= 11 is 6.10. The Morgan fingerprint density at radius 2 is 2.17 bits per heavy atom. The molecule has 0 saturated carbocycles. The fraction of sp³-hybridized carbons (Fsp3) is 0.375. The third kappa shape index (κ3) is 4.70. The summed E-state index contributed by atoms with van der Waals surface area (Å²) in [5.41, 5.74) is 1.65. The van der Waals surface area contributed by atoms with Crippen molar-refractivity contribution in [3.05, 3.63) is 34.9 Å². The summed E-state index contributed by atoms with van der Waals surface area (Å²) in [6.07, 6.45) is -0.527. The molecule has 126 valence electrons. The number of nitrogens with one attached hydrogen (secondary N) is 1. The van der Waals surface area contributed by atoms with E-state index in [2.05, 4.69) is 22.1 Å². The van der Waals surface area contributed by atoms with Crippen LogP contribution in [-0.2, 0) is 17.8 Å². The molecule has 7 nitrogen and oxygen atoms in total. The Hall–Kier alpha value is -2.59. The minimum absolute atomic E-state index is 0.196. The lowest BCUT2D eigenvalue weighted by molar-refractivity contribution is 0.0524. The van der Waals surface area contributed by atoms with Crippen LogP contribution < -0.4 is 5.32 Å². The lowest BCUT2D eigenvalue weighted by Gasteiger charge is -2.19. The third-order valence-corrected chi connectivity index (χ3v) is 3.10. The molecule has 24 heavy (non-hydrogen) atoms. The summed E-state index contributed by atoms with van der Waals surface area (Å²) in [7, 11) is 0. The predicted molar refractivity (Wildman–Crippen MR) is 90.4 cm³/mol. The second-order valence-corrected chi connectivity index (χ2v) is 6.67. The number of carbonyl (C=O) groups is 1. The summed E-state index contributed by atoms with van der Waals surface area (Å²) in [5, 5.41) is 20.6. The molecule has 2 aromatic rings. The number of hydrogen-bond acceptors (Lipinski definition) is 5. The van der Waals surface area contributed by atoms with Gasteiger partial charge in [-0.1, -0.05) is 18.2 Å². The standard InChI is InChI=1S/C16H18ClN5O2/c1-10(7-18)9-22-20-13-6-12(17)5-11(14(13)21-22)8-19-15(23)24-16(2,3)4/h5-6H,1,8-9H2,2-4H3,(H,19,23). The SMILES string of the molecule is C=C(C#N)Cn1nc2cc(Cl)cc(CNC(=O)OC(C)(C)C)c2n1. The quantitative estimate of drug-likeness (QED) is 0.857. The Morgan fingerprint density at radius 3 is 2.79 bits per heavy atom. The average molecular weight is 348 g/mol. The molecular formula is C16H18ClN5O2. The van der Waals surface area contributed by atoms with Gasteiger partial charge in [-0.05, 0) is 32.9 Å². The van der Waals surface area contributed by atoms with Gasteiger partial charge in [0.05, 0.1) is 12.6 Å². The summed E-state index contributed by atoms with van der Waals surface area (Å²) in [6, 6.07) is 5.33. The minimum Gasteiger partial charge on any atom is -0.444 e. The summed E-state index contributed by atoms with van der Waals surface area (Å²) in [5.74, 6) is 0. The van der Waals surface area contributed by atoms with Crippen molar-refractivity contribution in [1.29, 1.82) is 5.26 Å². The molecule has 1 heterocycles. The molecule has 0 aliphatic heterocycles. The molecule has 1 aromatic heterocycles. The maximum atomic E-state index is 11.8. The summed E-state index contributed by atoms with van der Waals surface area (Å²) in [6.45, 7) is 9.37. The van der Waals surface area contributed by atoms with Crippen molar-refractivity contribution in [1.82, 2.24) is 20.3 Å². The number of amides is 1. The number of alkyl carbamates (subject to hydrolysis) is 1. The van der Waals surface area contributed by atoms with Gasteiger partial charge in [-0.3, -0.25) is 0 Å². The van der Waals surface area contributed by atoms with E-state index >= 15 is 0 Å². The van der Waals surface area contributed by atoms with Crippen LogP contribution in [0.4, 0.5) is 4.79 Å². The van der Waals surface area contributed by atoms with E-state index in [0.29, 0.717) is 27.2 Å². The molecule has 0 bridgehead atoms. The van der Waals surface area contributed by atoms with Crippen molar-refractivity contribution in [3.63, 3.8) is 0 Å². The number of hydrogen-bond donors (Lipinski definition) is 1. The van der Waals surface area contributed by atoms with Gasteiger partial charge in [-0.2, -0.15) is 20.3 Å². The van der Waals surface area contributed by atoms with Crippen LogP contribution in [0.2, 0.25) is 5.02 Å². The van der Waals surface area contributed by atoms with Crippen molar-refractivity contribution in [2.75, 3.05) is 0 Å². The lowest BCUT2D eigenvalue weighted by Crippen LogP contribution is -2.32. The van der Waals surface area contributed by atoms with Gasteiger partial charge in [0.2, 0.25) is 0 Å². The van der Waals surface area contributed by atoms with Crippen LogP contribution in [0.5, 0.6) is 0 Å². The Bertz CT molecular complexity index is 829. The van der Waals surface area contributed by atoms with E-state index in [-0.39, 0.29) is 13.1 Å². The third-order valence-electron chi connectivity index (χ3n) is 2.88. The number of benzene rings is 1. The van der Waals surface area contributed by atoms with Crippen molar-refractivity contribution >= 4 is 28.7 Å². The van der Waals surface area contributed by atoms with E-state index in [9.17, 15) is 4.79 Å². The number of aromatic nitrogens is 3. The normalized spacial score (nSPS) is 11.1. The average Bonchev–Trinajstić information content (AvgIpc) is 2.84. The van der Waals surface area contributed by atoms with E-state index in [0.717, 1.165) is 0 Å². The van der Waals surface area contributed by atoms with Gasteiger partial charge in [-0.15, -0.1) is 0 Å². The molecule has 0 atom stereocenters. The van der Waals surface area contributed by atoms with Crippen LogP contribution >= 0.6 is 11.6 Å². The van der Waals surface area contributed by atoms with Crippen LogP contribution in [0.25, 0.3) is 11.0 Å². The van der Waals surface area contributed by atoms with E-state index in [1.54, 1.807) is 32.9 Å². The van der Waals surface area contributed by atoms with Crippen molar-refractivity contribution < 1.29 is 9.53 Å². The van der Waals surface area contributed by atoms with Crippen LogP contribution in [0.15, 0.2) is 24.3 Å². The smallest absolute Gasteiger partial charge is 0.407 e. The Labute approximate surface area is 144 Å². The number of allylic oxidation sites excluding steroid dienone is 1. The molecule has 1 N–H and O–H groups in total. The van der Waals surface area contributed by atoms with Crippen LogP contribution in [-0.4, -0.2) is 26.7 Å². The van der Waals surface area contributed by atoms with Crippen molar-refractivity contribution in [2.24, 2.45) is 0 Å². The highest BCUT2D eigenvalue weighted by Crippen LogP contribution is 2.21. The minimum atomic E-state index is -0.575. The molecule has 0 radical (unpaired) electrons. The second-order valence-electron chi connectivity index (χ2n) is 6.23. The second kappa shape index (κ2) is 6.89. The molecule has 0 spiro atoms. The zero-order valence-corrected chi connectivity index (χ0v) is 14.5. The molecule has 8 heteroatoms. The molecule has 0 aliphatic rings. The van der Waals surface area contributed by atoms with Gasteiger partial charge in [0.1, 0.15) is 16.6 Å². The number of rotatable bonds is 4. The number of halogens is 1. The number of nitrogens with zero attached hydrogens (tertiary/aromatic N) is 4. The van der Waals surface area contributed by atoms with E-state index in [1.165, 1.54) is 4.80 Å². The predicted octanol–water partition coefficient (Wildman–Crippen LogP) is 3.19. The molecule has 1 amide bonds. The Kier molecular flexibility index (Phi) is 5.10. The first-order chi connectivity index (χ1) is 11.2. The number of carbonyl (C=O) groups excluding carboxylic acids is 1. The first-order valence-corrected chi connectivity index (χ1v) is 7.64. The van der Waals surface area contributed by atoms with Crippen molar-refractivity contribution in [2.45, 2.75) is 39.5 Å². The molecule has 0 saturated heterocycles. The largest absolute Gasteiger partial charge is 0.444 e. The first-order valence-electron chi connectivity index (χ1n) is 7.26. The van der Waals surface area contributed by atoms with Gasteiger partial charge >= 0.3 is 6.09 Å². The fourth-order valence-corrected chi connectivity index (χ4v) is 2.22. The van der Waals surface area contributed by atoms with Crippen LogP contribution in [0.1, 0.15) is 26.3 Å². The van der Waals surface area contributed by atoms with Crippen LogP contribution in [0.3, 0.4) is 0 Å². The van der Waals surface area contributed by atoms with E-state index in [4.69, 9.17) is 21.6 Å².